The molecule has 0 aliphatic rings. The molecule has 98 valence electrons. The van der Waals surface area contributed by atoms with Crippen LogP contribution in [-0.2, 0) is 11.3 Å². The molecule has 0 spiro atoms. The summed E-state index contributed by atoms with van der Waals surface area (Å²) < 4.78 is 6.14. The van der Waals surface area contributed by atoms with E-state index in [4.69, 9.17) is 4.74 Å². The first-order valence-electron chi connectivity index (χ1n) is 5.74. The second-order valence-electron chi connectivity index (χ2n) is 3.84. The number of methoxy groups -OCH3 is 1. The number of hydrogen-bond donors (Lipinski definition) is 0. The molecule has 0 saturated carbocycles. The second-order valence-corrected chi connectivity index (χ2v) is 3.84. The summed E-state index contributed by atoms with van der Waals surface area (Å²) in [4.78, 5) is 27.0. The van der Waals surface area contributed by atoms with Crippen molar-refractivity contribution in [3.05, 3.63) is 46.4 Å². The van der Waals surface area contributed by atoms with Crippen LogP contribution in [0.3, 0.4) is 0 Å². The minimum absolute atomic E-state index is 0.0618. The molecular weight excluding hydrogens is 246 g/mol. The largest absolute Gasteiger partial charge is 0.383 e. The first-order valence-corrected chi connectivity index (χ1v) is 5.74. The molecule has 0 fully saturated rings. The van der Waals surface area contributed by atoms with Crippen LogP contribution in [0.1, 0.15) is 10.4 Å². The molecule has 0 radical (unpaired) electrons. The van der Waals surface area contributed by atoms with Gasteiger partial charge < -0.3 is 4.74 Å². The van der Waals surface area contributed by atoms with E-state index >= 15 is 0 Å². The molecule has 6 heteroatoms. The van der Waals surface area contributed by atoms with E-state index in [1.54, 1.807) is 18.3 Å². The van der Waals surface area contributed by atoms with E-state index in [2.05, 4.69) is 10.1 Å². The summed E-state index contributed by atoms with van der Waals surface area (Å²) in [6.07, 6.45) is 2.15. The minimum Gasteiger partial charge on any atom is -0.383 e. The van der Waals surface area contributed by atoms with Crippen LogP contribution in [0.25, 0.3) is 11.4 Å². The zero-order valence-electron chi connectivity index (χ0n) is 10.4. The van der Waals surface area contributed by atoms with Gasteiger partial charge in [0.2, 0.25) is 0 Å². The highest BCUT2D eigenvalue weighted by atomic mass is 16.5. The van der Waals surface area contributed by atoms with Gasteiger partial charge in [0.05, 0.1) is 24.4 Å². The predicted molar refractivity (Wildman–Crippen MR) is 69.0 cm³/mol. The Bertz CT molecular complexity index is 623. The normalized spacial score (nSPS) is 10.4. The Morgan fingerprint density at radius 1 is 1.37 bits per heavy atom. The van der Waals surface area contributed by atoms with Crippen molar-refractivity contribution in [3.63, 3.8) is 0 Å². The Hall–Kier alpha value is -2.34. The summed E-state index contributed by atoms with van der Waals surface area (Å²) in [5, 5.41) is 4.19. The fraction of sp³-hybridized carbons (Fsp3) is 0.231. The molecular formula is C13H13N3O3. The molecule has 0 unspecified atom stereocenters. The van der Waals surface area contributed by atoms with E-state index in [0.29, 0.717) is 24.3 Å². The van der Waals surface area contributed by atoms with Crippen LogP contribution in [0.4, 0.5) is 0 Å². The Morgan fingerprint density at radius 3 is 2.84 bits per heavy atom. The molecule has 19 heavy (non-hydrogen) atoms. The highest BCUT2D eigenvalue weighted by Gasteiger charge is 2.09. The summed E-state index contributed by atoms with van der Waals surface area (Å²) >= 11 is 0. The van der Waals surface area contributed by atoms with E-state index < -0.39 is 5.56 Å². The van der Waals surface area contributed by atoms with Crippen LogP contribution in [-0.4, -0.2) is 34.8 Å². The van der Waals surface area contributed by atoms with Crippen LogP contribution in [0, 0.1) is 0 Å². The third kappa shape index (κ3) is 2.92. The smallest absolute Gasteiger partial charge is 0.277 e. The molecule has 0 saturated heterocycles. The lowest BCUT2D eigenvalue weighted by Gasteiger charge is -2.07. The lowest BCUT2D eigenvalue weighted by atomic mass is 10.2. The SMILES string of the molecule is COCCn1nc(-c2ccccn2)cc(C=O)c1=O. The Kier molecular flexibility index (Phi) is 4.15. The molecule has 0 aromatic carbocycles. The molecule has 0 atom stereocenters. The van der Waals surface area contributed by atoms with Gasteiger partial charge in [-0.15, -0.1) is 0 Å². The van der Waals surface area contributed by atoms with Crippen LogP contribution >= 0.6 is 0 Å². The highest BCUT2D eigenvalue weighted by molar-refractivity contribution is 5.76. The summed E-state index contributed by atoms with van der Waals surface area (Å²) in [5.74, 6) is 0. The Morgan fingerprint density at radius 2 is 2.21 bits per heavy atom. The van der Waals surface area contributed by atoms with Crippen LogP contribution in [0.2, 0.25) is 0 Å². The van der Waals surface area contributed by atoms with Crippen LogP contribution in [0.5, 0.6) is 0 Å². The van der Waals surface area contributed by atoms with E-state index in [1.165, 1.54) is 17.9 Å². The van der Waals surface area contributed by atoms with Gasteiger partial charge in [0, 0.05) is 13.3 Å². The Balaban J connectivity index is 2.51. The molecule has 0 amide bonds. The number of pyridine rings is 1. The monoisotopic (exact) mass is 259 g/mol. The summed E-state index contributed by atoms with van der Waals surface area (Å²) in [5.41, 5.74) is 0.730. The minimum atomic E-state index is -0.424. The molecule has 6 nitrogen and oxygen atoms in total. The fourth-order valence-electron chi connectivity index (χ4n) is 1.62. The van der Waals surface area contributed by atoms with Gasteiger partial charge in [-0.05, 0) is 18.2 Å². The van der Waals surface area contributed by atoms with Crippen molar-refractivity contribution in [1.29, 1.82) is 0 Å². The molecule has 0 N–H and O–H groups in total. The zero-order chi connectivity index (χ0) is 13.7. The van der Waals surface area contributed by atoms with Gasteiger partial charge in [-0.1, -0.05) is 6.07 Å². The van der Waals surface area contributed by atoms with Crippen LogP contribution < -0.4 is 5.56 Å². The number of rotatable bonds is 5. The average Bonchev–Trinajstić information content (AvgIpc) is 2.47. The zero-order valence-corrected chi connectivity index (χ0v) is 10.4. The predicted octanol–water partition coefficient (Wildman–Crippen LogP) is 0.764. The quantitative estimate of drug-likeness (QED) is 0.741. The van der Waals surface area contributed by atoms with Gasteiger partial charge >= 0.3 is 0 Å². The standard InChI is InChI=1S/C13H13N3O3/c1-19-7-6-16-13(18)10(9-17)8-12(15-16)11-4-2-3-5-14-11/h2-5,8-9H,6-7H2,1H3. The number of nitrogens with zero attached hydrogens (tertiary/aromatic N) is 3. The van der Waals surface area contributed by atoms with Crippen molar-refractivity contribution in [1.82, 2.24) is 14.8 Å². The maximum Gasteiger partial charge on any atom is 0.277 e. The summed E-state index contributed by atoms with van der Waals surface area (Å²) in [6.45, 7) is 0.633. The molecule has 0 aliphatic heterocycles. The van der Waals surface area contributed by atoms with Crippen molar-refractivity contribution in [2.75, 3.05) is 13.7 Å². The first-order chi connectivity index (χ1) is 9.26. The topological polar surface area (TPSA) is 74.1 Å². The van der Waals surface area contributed by atoms with E-state index in [0.717, 1.165) is 0 Å². The van der Waals surface area contributed by atoms with Crippen molar-refractivity contribution in [3.8, 4) is 11.4 Å². The highest BCUT2D eigenvalue weighted by Crippen LogP contribution is 2.12. The molecule has 0 aliphatic carbocycles. The average molecular weight is 259 g/mol. The van der Waals surface area contributed by atoms with Gasteiger partial charge in [0.15, 0.2) is 6.29 Å². The maximum absolute atomic E-state index is 11.9. The Labute approximate surface area is 109 Å². The number of aromatic nitrogens is 3. The molecule has 2 heterocycles. The summed E-state index contributed by atoms with van der Waals surface area (Å²) in [7, 11) is 1.54. The van der Waals surface area contributed by atoms with E-state index in [-0.39, 0.29) is 12.1 Å². The van der Waals surface area contributed by atoms with E-state index in [1.807, 2.05) is 6.07 Å². The van der Waals surface area contributed by atoms with Crippen molar-refractivity contribution >= 4 is 6.29 Å². The molecule has 2 aromatic rings. The van der Waals surface area contributed by atoms with E-state index in [9.17, 15) is 9.59 Å². The number of ether oxygens (including phenoxy) is 1. The number of carbonyl (C=O) groups is 1. The maximum atomic E-state index is 11.9. The summed E-state index contributed by atoms with van der Waals surface area (Å²) in [6, 6.07) is 6.81. The number of aldehydes is 1. The van der Waals surface area contributed by atoms with Gasteiger partial charge in [-0.2, -0.15) is 5.10 Å². The third-order valence-corrected chi connectivity index (χ3v) is 2.56. The molecule has 0 bridgehead atoms. The van der Waals surface area contributed by atoms with Crippen molar-refractivity contribution < 1.29 is 9.53 Å². The lowest BCUT2D eigenvalue weighted by molar-refractivity contribution is 0.112. The van der Waals surface area contributed by atoms with Crippen molar-refractivity contribution in [2.24, 2.45) is 0 Å². The third-order valence-electron chi connectivity index (χ3n) is 2.56. The number of carbonyl (C=O) groups excluding carboxylic acids is 1. The van der Waals surface area contributed by atoms with Gasteiger partial charge in [-0.3, -0.25) is 14.6 Å². The van der Waals surface area contributed by atoms with Crippen molar-refractivity contribution in [2.45, 2.75) is 6.54 Å². The molecule has 2 rings (SSSR count). The first kappa shape index (κ1) is 13.1. The lowest BCUT2D eigenvalue weighted by Crippen LogP contribution is -2.28. The number of hydrogen-bond acceptors (Lipinski definition) is 5. The van der Waals surface area contributed by atoms with Gasteiger partial charge in [-0.25, -0.2) is 4.68 Å². The second kappa shape index (κ2) is 6.01. The van der Waals surface area contributed by atoms with Gasteiger partial charge in [0.1, 0.15) is 5.69 Å². The van der Waals surface area contributed by atoms with Crippen LogP contribution in [0.15, 0.2) is 35.3 Å². The molecule has 2 aromatic heterocycles. The van der Waals surface area contributed by atoms with Gasteiger partial charge in [0.25, 0.3) is 5.56 Å². The fourth-order valence-corrected chi connectivity index (χ4v) is 1.62.